The first kappa shape index (κ1) is 17.6. The predicted octanol–water partition coefficient (Wildman–Crippen LogP) is 3.31. The highest BCUT2D eigenvalue weighted by molar-refractivity contribution is 5.91. The van der Waals surface area contributed by atoms with Crippen molar-refractivity contribution in [2.75, 3.05) is 6.61 Å². The van der Waals surface area contributed by atoms with E-state index in [1.165, 1.54) is 0 Å². The van der Waals surface area contributed by atoms with E-state index < -0.39 is 35.7 Å². The van der Waals surface area contributed by atoms with Crippen molar-refractivity contribution in [1.82, 2.24) is 5.32 Å². The minimum absolute atomic E-state index is 0.275. The molecule has 0 aliphatic carbocycles. The number of amides is 1. The van der Waals surface area contributed by atoms with Crippen molar-refractivity contribution in [3.05, 3.63) is 70.8 Å². The molecular formula is C18H17F2NO3. The summed E-state index contributed by atoms with van der Waals surface area (Å²) in [6.07, 6.45) is 0. The van der Waals surface area contributed by atoms with Gasteiger partial charge in [-0.25, -0.2) is 13.6 Å². The summed E-state index contributed by atoms with van der Waals surface area (Å²) in [6.45, 7) is 3.17. The quantitative estimate of drug-likeness (QED) is 0.854. The van der Waals surface area contributed by atoms with E-state index in [1.807, 2.05) is 31.2 Å². The Morgan fingerprint density at radius 3 is 2.46 bits per heavy atom. The number of benzene rings is 2. The standard InChI is InChI=1S/C18H17F2NO3/c1-11-3-5-13(6-4-11)12(2)21-17(22)10-24-18(23)15-9-14(19)7-8-16(15)20/h3-9,12H,10H2,1-2H3,(H,21,22)/t12-/m1/s1. The van der Waals surface area contributed by atoms with Gasteiger partial charge in [-0.05, 0) is 37.6 Å². The summed E-state index contributed by atoms with van der Waals surface area (Å²) in [5, 5.41) is 2.66. The summed E-state index contributed by atoms with van der Waals surface area (Å²) in [5.74, 6) is -3.30. The molecule has 126 valence electrons. The number of carbonyl (C=O) groups is 2. The van der Waals surface area contributed by atoms with Crippen LogP contribution >= 0.6 is 0 Å². The minimum Gasteiger partial charge on any atom is -0.452 e. The molecule has 2 aromatic carbocycles. The SMILES string of the molecule is Cc1ccc([C@@H](C)NC(=O)COC(=O)c2cc(F)ccc2F)cc1. The summed E-state index contributed by atoms with van der Waals surface area (Å²) >= 11 is 0. The van der Waals surface area contributed by atoms with E-state index in [2.05, 4.69) is 5.32 Å². The Labute approximate surface area is 138 Å². The third kappa shape index (κ3) is 4.62. The number of nitrogens with one attached hydrogen (secondary N) is 1. The number of esters is 1. The summed E-state index contributed by atoms with van der Waals surface area (Å²) in [6, 6.07) is 9.78. The lowest BCUT2D eigenvalue weighted by molar-refractivity contribution is -0.124. The molecule has 1 amide bonds. The molecule has 24 heavy (non-hydrogen) atoms. The molecule has 0 saturated carbocycles. The van der Waals surface area contributed by atoms with Crippen LogP contribution in [-0.4, -0.2) is 18.5 Å². The van der Waals surface area contributed by atoms with Crippen molar-refractivity contribution in [2.45, 2.75) is 19.9 Å². The third-order valence-corrected chi connectivity index (χ3v) is 3.44. The normalized spacial score (nSPS) is 11.7. The van der Waals surface area contributed by atoms with Gasteiger partial charge in [0.15, 0.2) is 6.61 Å². The summed E-state index contributed by atoms with van der Waals surface area (Å²) in [5.41, 5.74) is 1.45. The van der Waals surface area contributed by atoms with Crippen LogP contribution in [0.5, 0.6) is 0 Å². The van der Waals surface area contributed by atoms with Gasteiger partial charge in [0, 0.05) is 0 Å². The van der Waals surface area contributed by atoms with Crippen molar-refractivity contribution >= 4 is 11.9 Å². The van der Waals surface area contributed by atoms with Gasteiger partial charge in [-0.15, -0.1) is 0 Å². The van der Waals surface area contributed by atoms with E-state index in [0.29, 0.717) is 0 Å². The van der Waals surface area contributed by atoms with Gasteiger partial charge in [0.1, 0.15) is 11.6 Å². The van der Waals surface area contributed by atoms with Gasteiger partial charge >= 0.3 is 5.97 Å². The Morgan fingerprint density at radius 2 is 1.79 bits per heavy atom. The number of hydrogen-bond acceptors (Lipinski definition) is 3. The Bertz CT molecular complexity index is 744. The molecule has 4 nitrogen and oxygen atoms in total. The zero-order valence-corrected chi connectivity index (χ0v) is 13.3. The van der Waals surface area contributed by atoms with E-state index >= 15 is 0 Å². The monoisotopic (exact) mass is 333 g/mol. The average Bonchev–Trinajstić information content (AvgIpc) is 2.55. The Hall–Kier alpha value is -2.76. The van der Waals surface area contributed by atoms with E-state index in [4.69, 9.17) is 4.74 Å². The van der Waals surface area contributed by atoms with E-state index in [9.17, 15) is 18.4 Å². The summed E-state index contributed by atoms with van der Waals surface area (Å²) in [7, 11) is 0. The number of hydrogen-bond donors (Lipinski definition) is 1. The van der Waals surface area contributed by atoms with Gasteiger partial charge < -0.3 is 10.1 Å². The fraction of sp³-hybridized carbons (Fsp3) is 0.222. The lowest BCUT2D eigenvalue weighted by Gasteiger charge is -2.14. The average molecular weight is 333 g/mol. The number of rotatable bonds is 5. The smallest absolute Gasteiger partial charge is 0.341 e. The van der Waals surface area contributed by atoms with Crippen LogP contribution in [0.4, 0.5) is 8.78 Å². The first-order valence-corrected chi connectivity index (χ1v) is 7.35. The van der Waals surface area contributed by atoms with Crippen molar-refractivity contribution in [2.24, 2.45) is 0 Å². The van der Waals surface area contributed by atoms with Gasteiger partial charge in [0.25, 0.3) is 5.91 Å². The van der Waals surface area contributed by atoms with Crippen molar-refractivity contribution in [3.63, 3.8) is 0 Å². The van der Waals surface area contributed by atoms with Crippen LogP contribution in [0.1, 0.15) is 34.5 Å². The van der Waals surface area contributed by atoms with Gasteiger partial charge in [-0.3, -0.25) is 4.79 Å². The maximum Gasteiger partial charge on any atom is 0.341 e. The second-order valence-electron chi connectivity index (χ2n) is 5.40. The Kier molecular flexibility index (Phi) is 5.63. The number of halogens is 2. The maximum absolute atomic E-state index is 13.4. The molecule has 0 heterocycles. The fourth-order valence-electron chi connectivity index (χ4n) is 2.08. The molecule has 2 rings (SSSR count). The van der Waals surface area contributed by atoms with Gasteiger partial charge in [-0.2, -0.15) is 0 Å². The molecule has 0 aliphatic heterocycles. The highest BCUT2D eigenvalue weighted by atomic mass is 19.1. The molecule has 0 bridgehead atoms. The van der Waals surface area contributed by atoms with Crippen LogP contribution in [0.3, 0.4) is 0 Å². The molecule has 0 fully saturated rings. The second kappa shape index (κ2) is 7.68. The molecule has 0 saturated heterocycles. The fourth-order valence-corrected chi connectivity index (χ4v) is 2.08. The molecule has 0 aliphatic rings. The Morgan fingerprint density at radius 1 is 1.12 bits per heavy atom. The minimum atomic E-state index is -1.09. The van der Waals surface area contributed by atoms with Crippen molar-refractivity contribution < 1.29 is 23.1 Å². The Balaban J connectivity index is 1.89. The van der Waals surface area contributed by atoms with Gasteiger partial charge in [0.05, 0.1) is 11.6 Å². The number of ether oxygens (including phenoxy) is 1. The molecule has 0 unspecified atom stereocenters. The topological polar surface area (TPSA) is 55.4 Å². The van der Waals surface area contributed by atoms with Gasteiger partial charge in [-0.1, -0.05) is 29.8 Å². The van der Waals surface area contributed by atoms with Crippen LogP contribution in [0.25, 0.3) is 0 Å². The lowest BCUT2D eigenvalue weighted by Crippen LogP contribution is -2.31. The molecule has 1 atom stereocenters. The number of carbonyl (C=O) groups excluding carboxylic acids is 2. The lowest BCUT2D eigenvalue weighted by atomic mass is 10.1. The molecule has 2 aromatic rings. The zero-order valence-electron chi connectivity index (χ0n) is 13.3. The second-order valence-corrected chi connectivity index (χ2v) is 5.40. The van der Waals surface area contributed by atoms with Crippen LogP contribution in [0.2, 0.25) is 0 Å². The third-order valence-electron chi connectivity index (χ3n) is 3.44. The molecular weight excluding hydrogens is 316 g/mol. The van der Waals surface area contributed by atoms with E-state index in [1.54, 1.807) is 6.92 Å². The van der Waals surface area contributed by atoms with Crippen LogP contribution < -0.4 is 5.32 Å². The molecule has 6 heteroatoms. The van der Waals surface area contributed by atoms with E-state index in [-0.39, 0.29) is 6.04 Å². The van der Waals surface area contributed by atoms with Crippen molar-refractivity contribution in [3.8, 4) is 0 Å². The highest BCUT2D eigenvalue weighted by Crippen LogP contribution is 2.13. The highest BCUT2D eigenvalue weighted by Gasteiger charge is 2.17. The molecule has 0 aromatic heterocycles. The predicted molar refractivity (Wildman–Crippen MR) is 84.4 cm³/mol. The molecule has 0 spiro atoms. The first-order chi connectivity index (χ1) is 11.4. The van der Waals surface area contributed by atoms with E-state index in [0.717, 1.165) is 29.3 Å². The van der Waals surface area contributed by atoms with Gasteiger partial charge in [0.2, 0.25) is 0 Å². The summed E-state index contributed by atoms with van der Waals surface area (Å²) in [4.78, 5) is 23.5. The maximum atomic E-state index is 13.4. The summed E-state index contributed by atoms with van der Waals surface area (Å²) < 4.78 is 31.2. The zero-order chi connectivity index (χ0) is 17.7. The van der Waals surface area contributed by atoms with Crippen LogP contribution in [0.15, 0.2) is 42.5 Å². The van der Waals surface area contributed by atoms with Crippen LogP contribution in [-0.2, 0) is 9.53 Å². The first-order valence-electron chi connectivity index (χ1n) is 7.35. The van der Waals surface area contributed by atoms with Crippen molar-refractivity contribution in [1.29, 1.82) is 0 Å². The van der Waals surface area contributed by atoms with Crippen LogP contribution in [0, 0.1) is 18.6 Å². The largest absolute Gasteiger partial charge is 0.452 e. The number of aryl methyl sites for hydroxylation is 1. The molecule has 0 radical (unpaired) electrons. The molecule has 1 N–H and O–H groups in total.